The summed E-state index contributed by atoms with van der Waals surface area (Å²) in [6.07, 6.45) is 17.0. The van der Waals surface area contributed by atoms with Crippen molar-refractivity contribution in [2.75, 3.05) is 7.11 Å². The van der Waals surface area contributed by atoms with E-state index in [1.54, 1.807) is 0 Å². The summed E-state index contributed by atoms with van der Waals surface area (Å²) >= 11 is 0. The fourth-order valence-corrected chi connectivity index (χ4v) is 11.8. The molecule has 0 spiro atoms. The fourth-order valence-electron chi connectivity index (χ4n) is 6.12. The van der Waals surface area contributed by atoms with E-state index in [0.29, 0.717) is 12.8 Å². The number of unbranched alkanes of at least 4 members (excludes halogenated alkanes) is 1. The molecule has 5 nitrogen and oxygen atoms in total. The normalized spacial score (nSPS) is 19.3. The molecule has 0 saturated heterocycles. The first-order chi connectivity index (χ1) is 21.3. The molecule has 1 aliphatic rings. The molecule has 1 unspecified atom stereocenters. The minimum Gasteiger partial charge on any atom is -0.546 e. The Morgan fingerprint density at radius 1 is 0.957 bits per heavy atom. The molecule has 46 heavy (non-hydrogen) atoms. The van der Waals surface area contributed by atoms with E-state index in [0.717, 1.165) is 50.2 Å². The topological polar surface area (TPSA) is 54.0 Å². The van der Waals surface area contributed by atoms with Gasteiger partial charge in [0.1, 0.15) is 0 Å². The van der Waals surface area contributed by atoms with Crippen LogP contribution in [0.1, 0.15) is 113 Å². The Hall–Kier alpha value is -1.16. The highest BCUT2D eigenvalue weighted by molar-refractivity contribution is 6.74. The van der Waals surface area contributed by atoms with Crippen LogP contribution in [0.5, 0.6) is 0 Å². The van der Waals surface area contributed by atoms with Crippen LogP contribution >= 0.6 is 0 Å². The Bertz CT molecular complexity index is 1050. The molecule has 0 heterocycles. The summed E-state index contributed by atoms with van der Waals surface area (Å²) in [5, 5.41) is 0.113. The lowest BCUT2D eigenvalue weighted by atomic mass is 9.91. The number of hydrogen-bond acceptors (Lipinski definition) is 5. The van der Waals surface area contributed by atoms with E-state index in [1.165, 1.54) is 31.3 Å². The summed E-state index contributed by atoms with van der Waals surface area (Å²) in [4.78, 5) is 11.5. The molecular formula is C38H72O5Si3. The summed E-state index contributed by atoms with van der Waals surface area (Å²) in [6.45, 7) is 30.1. The average Bonchev–Trinajstić information content (AvgIpc) is 3.26. The summed E-state index contributed by atoms with van der Waals surface area (Å²) in [6, 6.07) is 3.41. The van der Waals surface area contributed by atoms with Gasteiger partial charge in [-0.3, -0.25) is 4.79 Å². The van der Waals surface area contributed by atoms with Crippen molar-refractivity contribution in [2.24, 2.45) is 5.92 Å². The van der Waals surface area contributed by atoms with Crippen molar-refractivity contribution in [3.8, 4) is 0 Å². The van der Waals surface area contributed by atoms with Crippen molar-refractivity contribution in [1.82, 2.24) is 0 Å². The second-order valence-corrected chi connectivity index (χ2v) is 29.9. The van der Waals surface area contributed by atoms with Gasteiger partial charge in [-0.2, -0.15) is 0 Å². The fraction of sp³-hybridized carbons (Fsp3) is 0.789. The van der Waals surface area contributed by atoms with Crippen LogP contribution in [-0.4, -0.2) is 49.7 Å². The number of methoxy groups -OCH3 is 1. The largest absolute Gasteiger partial charge is 0.546 e. The predicted molar refractivity (Wildman–Crippen MR) is 205 cm³/mol. The van der Waals surface area contributed by atoms with Gasteiger partial charge in [-0.25, -0.2) is 0 Å². The Morgan fingerprint density at radius 2 is 1.57 bits per heavy atom. The lowest BCUT2D eigenvalue weighted by molar-refractivity contribution is -0.140. The molecule has 0 aromatic heterocycles. The molecule has 266 valence electrons. The monoisotopic (exact) mass is 692 g/mol. The number of carbonyl (C=O) groups is 1. The van der Waals surface area contributed by atoms with Gasteiger partial charge in [0, 0.05) is 18.8 Å². The van der Waals surface area contributed by atoms with Gasteiger partial charge in [0.05, 0.1) is 24.6 Å². The maximum absolute atomic E-state index is 11.5. The lowest BCUT2D eigenvalue weighted by Gasteiger charge is -2.37. The van der Waals surface area contributed by atoms with Crippen LogP contribution < -0.4 is 0 Å². The molecule has 0 fully saturated rings. The van der Waals surface area contributed by atoms with Gasteiger partial charge < -0.3 is 18.0 Å². The Balaban J connectivity index is 3.56. The SMILES string of the molecule is CCCCC(C)(C/C=C/[C@H]1C(CCC=C=CCCC(=O)OC)=C(O[Si](C)(C)C(C)(C)C)C[C@@H]1O[Si](CC)(CC)CC)O[Si](C)(C)C. The number of ether oxygens (including phenoxy) is 1. The van der Waals surface area contributed by atoms with E-state index in [9.17, 15) is 4.79 Å². The number of hydrogen-bond donors (Lipinski definition) is 0. The van der Waals surface area contributed by atoms with Crippen LogP contribution in [0.3, 0.4) is 0 Å². The minimum absolute atomic E-state index is 0.108. The van der Waals surface area contributed by atoms with E-state index in [4.69, 9.17) is 18.0 Å². The molecule has 1 rings (SSSR count). The van der Waals surface area contributed by atoms with Crippen molar-refractivity contribution in [3.05, 3.63) is 41.4 Å². The molecule has 0 bridgehead atoms. The van der Waals surface area contributed by atoms with Gasteiger partial charge in [-0.15, -0.1) is 5.73 Å². The zero-order valence-corrected chi connectivity index (χ0v) is 35.5. The van der Waals surface area contributed by atoms with E-state index in [2.05, 4.69) is 112 Å². The maximum atomic E-state index is 11.5. The molecule has 0 aromatic rings. The summed E-state index contributed by atoms with van der Waals surface area (Å²) < 4.78 is 26.1. The number of rotatable bonds is 21. The van der Waals surface area contributed by atoms with Gasteiger partial charge in [-0.1, -0.05) is 73.5 Å². The average molecular weight is 693 g/mol. The third-order valence-electron chi connectivity index (χ3n) is 10.1. The van der Waals surface area contributed by atoms with Crippen molar-refractivity contribution in [3.63, 3.8) is 0 Å². The number of esters is 1. The minimum atomic E-state index is -2.05. The van der Waals surface area contributed by atoms with Crippen LogP contribution in [0.2, 0.25) is 55.9 Å². The highest BCUT2D eigenvalue weighted by Crippen LogP contribution is 2.46. The molecule has 0 aromatic carbocycles. The van der Waals surface area contributed by atoms with Crippen LogP contribution in [-0.2, 0) is 22.8 Å². The highest BCUT2D eigenvalue weighted by atomic mass is 28.4. The predicted octanol–water partition coefficient (Wildman–Crippen LogP) is 11.9. The number of carbonyl (C=O) groups excluding carboxylic acids is 1. The van der Waals surface area contributed by atoms with Crippen molar-refractivity contribution >= 4 is 30.9 Å². The van der Waals surface area contributed by atoms with E-state index < -0.39 is 25.0 Å². The first kappa shape index (κ1) is 42.9. The molecule has 8 heteroatoms. The first-order valence-electron chi connectivity index (χ1n) is 18.2. The summed E-state index contributed by atoms with van der Waals surface area (Å²) in [5.41, 5.74) is 4.55. The van der Waals surface area contributed by atoms with E-state index in [1.807, 2.05) is 6.08 Å². The Morgan fingerprint density at radius 3 is 2.09 bits per heavy atom. The van der Waals surface area contributed by atoms with Crippen molar-refractivity contribution in [1.29, 1.82) is 0 Å². The molecule has 0 aliphatic heterocycles. The highest BCUT2D eigenvalue weighted by Gasteiger charge is 2.45. The third-order valence-corrected chi connectivity index (χ3v) is 20.2. The van der Waals surface area contributed by atoms with Crippen LogP contribution in [0, 0.1) is 5.92 Å². The van der Waals surface area contributed by atoms with Crippen molar-refractivity contribution in [2.45, 2.75) is 181 Å². The van der Waals surface area contributed by atoms with Gasteiger partial charge in [-0.05, 0) is 113 Å². The van der Waals surface area contributed by atoms with Crippen LogP contribution in [0.15, 0.2) is 41.4 Å². The lowest BCUT2D eigenvalue weighted by Crippen LogP contribution is -2.42. The molecule has 0 amide bonds. The quantitative estimate of drug-likeness (QED) is 0.0519. The van der Waals surface area contributed by atoms with Crippen molar-refractivity contribution < 1.29 is 22.8 Å². The summed E-state index contributed by atoms with van der Waals surface area (Å²) in [5.74, 6) is 1.18. The van der Waals surface area contributed by atoms with Crippen LogP contribution in [0.4, 0.5) is 0 Å². The Kier molecular flexibility index (Phi) is 17.8. The standard InChI is InChI=1S/C38H72O5Si3/c1-15-19-29-38(8,43-44(10,11)12)30-25-27-33-32(26-23-21-20-22-24-28-36(39)40-9)34(41-45(13,14)37(5,6)7)31-35(33)42-46(16-2,17-3)18-4/h21-22,25,27,33,35H,15-19,23-24,26,28-31H2,1-14H3/b27-25+/t20?,33-,35-,38?/m0/s1. The van der Waals surface area contributed by atoms with E-state index >= 15 is 0 Å². The molecule has 1 aliphatic carbocycles. The third kappa shape index (κ3) is 14.1. The number of allylic oxidation sites excluding steroid dienone is 1. The van der Waals surface area contributed by atoms with Gasteiger partial charge >= 0.3 is 5.97 Å². The molecule has 0 radical (unpaired) electrons. The second kappa shape index (κ2) is 19.1. The maximum Gasteiger partial charge on any atom is 0.305 e. The first-order valence-corrected chi connectivity index (χ1v) is 27.1. The Labute approximate surface area is 288 Å². The molecule has 0 N–H and O–H groups in total. The van der Waals surface area contributed by atoms with Gasteiger partial charge in [0.15, 0.2) is 16.6 Å². The zero-order valence-electron chi connectivity index (χ0n) is 32.5. The second-order valence-electron chi connectivity index (χ2n) is 16.1. The van der Waals surface area contributed by atoms with E-state index in [-0.39, 0.29) is 28.6 Å². The smallest absolute Gasteiger partial charge is 0.305 e. The van der Waals surface area contributed by atoms with Gasteiger partial charge in [0.2, 0.25) is 8.32 Å². The van der Waals surface area contributed by atoms with Gasteiger partial charge in [0.25, 0.3) is 0 Å². The molecule has 0 saturated carbocycles. The summed E-state index contributed by atoms with van der Waals surface area (Å²) in [7, 11) is -4.19. The zero-order chi connectivity index (χ0) is 35.2. The molecule has 3 atom stereocenters. The molecular weight excluding hydrogens is 621 g/mol. The van der Waals surface area contributed by atoms with Crippen LogP contribution in [0.25, 0.3) is 0 Å².